The van der Waals surface area contributed by atoms with Crippen LogP contribution in [0, 0.1) is 5.92 Å². The van der Waals surface area contributed by atoms with Crippen molar-refractivity contribution >= 4 is 0 Å². The highest BCUT2D eigenvalue weighted by Crippen LogP contribution is 2.12. The molecule has 4 heteroatoms. The van der Waals surface area contributed by atoms with E-state index in [1.165, 1.54) is 5.56 Å². The van der Waals surface area contributed by atoms with E-state index in [1.54, 1.807) is 7.11 Å². The molecule has 0 saturated heterocycles. The fourth-order valence-corrected chi connectivity index (χ4v) is 2.23. The monoisotopic (exact) mass is 287 g/mol. The zero-order valence-electron chi connectivity index (χ0n) is 13.2. The van der Waals surface area contributed by atoms with Crippen LogP contribution in [0.2, 0.25) is 0 Å². The molecule has 0 radical (unpaired) electrons. The van der Waals surface area contributed by atoms with Gasteiger partial charge < -0.3 is 14.6 Å². The zero-order chi connectivity index (χ0) is 15.1. The van der Waals surface area contributed by atoms with Crippen LogP contribution < -0.4 is 10.1 Å². The molecule has 1 aromatic heterocycles. The summed E-state index contributed by atoms with van der Waals surface area (Å²) < 4.78 is 7.40. The fourth-order valence-electron chi connectivity index (χ4n) is 2.23. The van der Waals surface area contributed by atoms with Crippen LogP contribution in [-0.4, -0.2) is 23.2 Å². The minimum atomic E-state index is 0.660. The van der Waals surface area contributed by atoms with Gasteiger partial charge in [0, 0.05) is 18.9 Å². The van der Waals surface area contributed by atoms with E-state index in [0.717, 1.165) is 37.6 Å². The quantitative estimate of drug-likeness (QED) is 0.811. The molecule has 0 aliphatic carbocycles. The third-order valence-electron chi connectivity index (χ3n) is 3.44. The molecule has 1 heterocycles. The van der Waals surface area contributed by atoms with Crippen molar-refractivity contribution in [2.45, 2.75) is 33.4 Å². The lowest BCUT2D eigenvalue weighted by Gasteiger charge is -2.10. The van der Waals surface area contributed by atoms with Gasteiger partial charge in [-0.3, -0.25) is 0 Å². The summed E-state index contributed by atoms with van der Waals surface area (Å²) in [6.07, 6.45) is 4.92. The lowest BCUT2D eigenvalue weighted by molar-refractivity contribution is 0.414. The molecular formula is C17H25N3O. The van der Waals surface area contributed by atoms with Gasteiger partial charge in [0.05, 0.1) is 13.7 Å². The number of ether oxygens (including phenoxy) is 1. The van der Waals surface area contributed by atoms with E-state index in [4.69, 9.17) is 4.74 Å². The van der Waals surface area contributed by atoms with Gasteiger partial charge in [0.25, 0.3) is 0 Å². The van der Waals surface area contributed by atoms with Crippen LogP contribution in [0.3, 0.4) is 0 Å². The highest BCUT2D eigenvalue weighted by atomic mass is 16.5. The lowest BCUT2D eigenvalue weighted by atomic mass is 10.1. The first-order chi connectivity index (χ1) is 10.2. The summed E-state index contributed by atoms with van der Waals surface area (Å²) in [6, 6.07) is 8.25. The average Bonchev–Trinajstić information content (AvgIpc) is 2.93. The minimum Gasteiger partial charge on any atom is -0.497 e. The Balaban J connectivity index is 1.86. The van der Waals surface area contributed by atoms with E-state index in [0.29, 0.717) is 5.92 Å². The highest BCUT2D eigenvalue weighted by Gasteiger charge is 2.03. The molecule has 1 N–H and O–H groups in total. The van der Waals surface area contributed by atoms with Crippen molar-refractivity contribution in [1.29, 1.82) is 0 Å². The Morgan fingerprint density at radius 2 is 2.00 bits per heavy atom. The Hall–Kier alpha value is -1.81. The molecule has 0 saturated carbocycles. The van der Waals surface area contributed by atoms with Crippen molar-refractivity contribution in [3.8, 4) is 5.75 Å². The summed E-state index contributed by atoms with van der Waals surface area (Å²) in [7, 11) is 1.69. The lowest BCUT2D eigenvalue weighted by Crippen LogP contribution is -2.21. The number of hydrogen-bond donors (Lipinski definition) is 1. The summed E-state index contributed by atoms with van der Waals surface area (Å²) in [5.41, 5.74) is 1.31. The third kappa shape index (κ3) is 4.90. The molecule has 4 nitrogen and oxygen atoms in total. The third-order valence-corrected chi connectivity index (χ3v) is 3.44. The van der Waals surface area contributed by atoms with Crippen LogP contribution in [0.15, 0.2) is 36.7 Å². The topological polar surface area (TPSA) is 39.1 Å². The largest absolute Gasteiger partial charge is 0.497 e. The smallest absolute Gasteiger partial charge is 0.122 e. The summed E-state index contributed by atoms with van der Waals surface area (Å²) in [4.78, 5) is 4.43. The molecule has 114 valence electrons. The number of methoxy groups -OCH3 is 1. The number of nitrogens with zero attached hydrogens (tertiary/aromatic N) is 2. The van der Waals surface area contributed by atoms with Crippen LogP contribution in [0.4, 0.5) is 0 Å². The van der Waals surface area contributed by atoms with E-state index < -0.39 is 0 Å². The molecule has 0 aliphatic rings. The maximum Gasteiger partial charge on any atom is 0.122 e. The van der Waals surface area contributed by atoms with Gasteiger partial charge in [-0.25, -0.2) is 4.98 Å². The van der Waals surface area contributed by atoms with Crippen LogP contribution in [0.1, 0.15) is 25.2 Å². The standard InChI is InChI=1S/C17H25N3O/c1-14(2)12-18-13-17-19-9-11-20(17)10-8-15-4-6-16(21-3)7-5-15/h4-7,9,11,14,18H,8,10,12-13H2,1-3H3. The van der Waals surface area contributed by atoms with Gasteiger partial charge in [0.2, 0.25) is 0 Å². The summed E-state index contributed by atoms with van der Waals surface area (Å²) >= 11 is 0. The van der Waals surface area contributed by atoms with Crippen molar-refractivity contribution in [2.24, 2.45) is 5.92 Å². The van der Waals surface area contributed by atoms with Crippen LogP contribution in [-0.2, 0) is 19.5 Å². The van der Waals surface area contributed by atoms with Crippen LogP contribution >= 0.6 is 0 Å². The van der Waals surface area contributed by atoms with Gasteiger partial charge in [0.1, 0.15) is 11.6 Å². The Labute approximate surface area is 127 Å². The summed E-state index contributed by atoms with van der Waals surface area (Å²) in [6.45, 7) is 7.22. The summed E-state index contributed by atoms with van der Waals surface area (Å²) in [5, 5.41) is 3.44. The van der Waals surface area contributed by atoms with E-state index in [9.17, 15) is 0 Å². The molecule has 1 aromatic carbocycles. The number of hydrogen-bond acceptors (Lipinski definition) is 3. The van der Waals surface area contributed by atoms with Gasteiger partial charge in [-0.2, -0.15) is 0 Å². The van der Waals surface area contributed by atoms with E-state index in [2.05, 4.69) is 47.0 Å². The second-order valence-electron chi connectivity index (χ2n) is 5.66. The number of nitrogens with one attached hydrogen (secondary N) is 1. The number of benzene rings is 1. The summed E-state index contributed by atoms with van der Waals surface area (Å²) in [5.74, 6) is 2.66. The first kappa shape index (κ1) is 15.6. The van der Waals surface area contributed by atoms with Crippen molar-refractivity contribution < 1.29 is 4.74 Å². The predicted octanol–water partition coefficient (Wildman–Crippen LogP) is 2.88. The maximum atomic E-state index is 5.18. The molecule has 2 rings (SSSR count). The molecule has 0 bridgehead atoms. The average molecular weight is 287 g/mol. The van der Waals surface area contributed by atoms with Gasteiger partial charge in [-0.05, 0) is 36.6 Å². The van der Waals surface area contributed by atoms with Gasteiger partial charge in [0.15, 0.2) is 0 Å². The van der Waals surface area contributed by atoms with Crippen LogP contribution in [0.5, 0.6) is 5.75 Å². The fraction of sp³-hybridized carbons (Fsp3) is 0.471. The molecule has 0 fully saturated rings. The number of aryl methyl sites for hydroxylation is 2. The highest BCUT2D eigenvalue weighted by molar-refractivity contribution is 5.27. The van der Waals surface area contributed by atoms with Crippen LogP contribution in [0.25, 0.3) is 0 Å². The molecule has 0 aliphatic heterocycles. The van der Waals surface area contributed by atoms with Gasteiger partial charge in [-0.1, -0.05) is 26.0 Å². The predicted molar refractivity (Wildman–Crippen MR) is 85.5 cm³/mol. The number of imidazole rings is 1. The molecular weight excluding hydrogens is 262 g/mol. The van der Waals surface area contributed by atoms with E-state index in [1.807, 2.05) is 18.3 Å². The number of aromatic nitrogens is 2. The molecule has 0 unspecified atom stereocenters. The van der Waals surface area contributed by atoms with E-state index >= 15 is 0 Å². The Kier molecular flexibility index (Phi) is 5.81. The van der Waals surface area contributed by atoms with Crippen molar-refractivity contribution in [3.63, 3.8) is 0 Å². The Bertz CT molecular complexity index is 531. The second-order valence-corrected chi connectivity index (χ2v) is 5.66. The van der Waals surface area contributed by atoms with Crippen molar-refractivity contribution in [1.82, 2.24) is 14.9 Å². The van der Waals surface area contributed by atoms with Crippen molar-refractivity contribution in [3.05, 3.63) is 48.0 Å². The van der Waals surface area contributed by atoms with E-state index in [-0.39, 0.29) is 0 Å². The second kappa shape index (κ2) is 7.84. The molecule has 0 amide bonds. The van der Waals surface area contributed by atoms with Crippen molar-refractivity contribution in [2.75, 3.05) is 13.7 Å². The molecule has 0 atom stereocenters. The maximum absolute atomic E-state index is 5.18. The Morgan fingerprint density at radius 3 is 2.67 bits per heavy atom. The number of rotatable bonds is 8. The Morgan fingerprint density at radius 1 is 1.24 bits per heavy atom. The first-order valence-electron chi connectivity index (χ1n) is 7.52. The molecule has 2 aromatic rings. The zero-order valence-corrected chi connectivity index (χ0v) is 13.2. The molecule has 0 spiro atoms. The SMILES string of the molecule is COc1ccc(CCn2ccnc2CNCC(C)C)cc1. The first-order valence-corrected chi connectivity index (χ1v) is 7.52. The normalized spacial score (nSPS) is 11.0. The minimum absolute atomic E-state index is 0.660. The van der Waals surface area contributed by atoms with Gasteiger partial charge >= 0.3 is 0 Å². The van der Waals surface area contributed by atoms with Gasteiger partial charge in [-0.15, -0.1) is 0 Å². The molecule has 21 heavy (non-hydrogen) atoms.